The number of carbonyl (C=O) groups excluding carboxylic acids is 2. The van der Waals surface area contributed by atoms with Gasteiger partial charge in [-0.1, -0.05) is 31.2 Å². The maximum Gasteiger partial charge on any atom is 0.337 e. The van der Waals surface area contributed by atoms with Crippen molar-refractivity contribution >= 4 is 18.0 Å². The molecule has 4 rings (SSSR count). The number of methoxy groups -OCH3 is 2. The second kappa shape index (κ2) is 10.5. The Balaban J connectivity index is 1.79. The topological polar surface area (TPSA) is 115 Å². The first-order valence-corrected chi connectivity index (χ1v) is 11.5. The summed E-state index contributed by atoms with van der Waals surface area (Å²) in [6.45, 7) is 4.11. The van der Waals surface area contributed by atoms with Gasteiger partial charge in [0.15, 0.2) is 0 Å². The van der Waals surface area contributed by atoms with Crippen LogP contribution in [-0.4, -0.2) is 50.7 Å². The molecule has 2 heterocycles. The normalized spacial score (nSPS) is 18.8. The average Bonchev–Trinajstić information content (AvgIpc) is 2.92. The van der Waals surface area contributed by atoms with Gasteiger partial charge in [0.05, 0.1) is 31.3 Å². The number of hydrogen-bond donors (Lipinski definition) is 1. The van der Waals surface area contributed by atoms with E-state index in [2.05, 4.69) is 17.9 Å². The summed E-state index contributed by atoms with van der Waals surface area (Å²) >= 11 is 0. The van der Waals surface area contributed by atoms with Crippen LogP contribution in [0.2, 0.25) is 0 Å². The molecule has 184 valence electrons. The van der Waals surface area contributed by atoms with Crippen molar-refractivity contribution < 1.29 is 23.8 Å². The Labute approximate surface area is 209 Å². The third kappa shape index (κ3) is 4.74. The van der Waals surface area contributed by atoms with Gasteiger partial charge in [-0.25, -0.2) is 9.59 Å². The second-order valence-corrected chi connectivity index (χ2v) is 8.48. The van der Waals surface area contributed by atoms with E-state index in [-0.39, 0.29) is 5.88 Å². The van der Waals surface area contributed by atoms with Crippen LogP contribution < -0.4 is 5.73 Å². The van der Waals surface area contributed by atoms with E-state index in [1.54, 1.807) is 24.3 Å². The number of hydrogen-bond acceptors (Lipinski definition) is 8. The molecule has 2 N–H and O–H groups in total. The van der Waals surface area contributed by atoms with Crippen molar-refractivity contribution in [2.24, 2.45) is 5.73 Å². The Morgan fingerprint density at radius 1 is 1.06 bits per heavy atom. The van der Waals surface area contributed by atoms with Crippen LogP contribution in [0.5, 0.6) is 0 Å². The molecule has 0 aliphatic carbocycles. The van der Waals surface area contributed by atoms with Crippen molar-refractivity contribution in [1.82, 2.24) is 4.90 Å². The highest BCUT2D eigenvalue weighted by Gasteiger charge is 2.37. The van der Waals surface area contributed by atoms with Crippen molar-refractivity contribution in [3.05, 3.63) is 99.1 Å². The Hall–Kier alpha value is -4.35. The highest BCUT2D eigenvalue weighted by atomic mass is 16.5. The summed E-state index contributed by atoms with van der Waals surface area (Å²) < 4.78 is 15.6. The van der Waals surface area contributed by atoms with Gasteiger partial charge in [-0.05, 0) is 53.6 Å². The van der Waals surface area contributed by atoms with E-state index in [1.165, 1.54) is 14.2 Å². The quantitative estimate of drug-likeness (QED) is 0.637. The SMILES string of the molecule is CCN1CC2=C(OC(N)=C(C#N)C2c2ccc(C(=O)OC)cc2)/C(=C/c2ccc(C(=O)OC)cc2)C1. The van der Waals surface area contributed by atoms with Crippen LogP contribution in [0.15, 0.2) is 76.9 Å². The summed E-state index contributed by atoms with van der Waals surface area (Å²) in [4.78, 5) is 25.9. The van der Waals surface area contributed by atoms with Gasteiger partial charge in [0.25, 0.3) is 0 Å². The molecule has 2 aromatic rings. The molecule has 2 aliphatic rings. The molecular formula is C28H27N3O5. The number of nitrogens with zero attached hydrogens (tertiary/aromatic N) is 2. The first kappa shape index (κ1) is 24.8. The van der Waals surface area contributed by atoms with Gasteiger partial charge >= 0.3 is 11.9 Å². The molecule has 0 saturated heterocycles. The predicted molar refractivity (Wildman–Crippen MR) is 133 cm³/mol. The summed E-state index contributed by atoms with van der Waals surface area (Å²) in [5, 5.41) is 9.95. The predicted octanol–water partition coefficient (Wildman–Crippen LogP) is 3.74. The van der Waals surface area contributed by atoms with Crippen LogP contribution in [-0.2, 0) is 14.2 Å². The number of benzene rings is 2. The van der Waals surface area contributed by atoms with Gasteiger partial charge in [0, 0.05) is 18.7 Å². The van der Waals surface area contributed by atoms with Crippen LogP contribution in [0, 0.1) is 11.3 Å². The summed E-state index contributed by atoms with van der Waals surface area (Å²) in [5.74, 6) is -0.523. The lowest BCUT2D eigenvalue weighted by molar-refractivity contribution is 0.0592. The molecule has 0 radical (unpaired) electrons. The minimum atomic E-state index is -0.428. The van der Waals surface area contributed by atoms with Gasteiger partial charge in [-0.15, -0.1) is 0 Å². The molecule has 1 unspecified atom stereocenters. The zero-order valence-corrected chi connectivity index (χ0v) is 20.4. The van der Waals surface area contributed by atoms with Crippen LogP contribution in [0.4, 0.5) is 0 Å². The maximum absolute atomic E-state index is 11.9. The van der Waals surface area contributed by atoms with E-state index in [4.69, 9.17) is 19.9 Å². The van der Waals surface area contributed by atoms with Gasteiger partial charge in [-0.2, -0.15) is 5.26 Å². The minimum absolute atomic E-state index is 0.0650. The van der Waals surface area contributed by atoms with Gasteiger partial charge < -0.3 is 19.9 Å². The zero-order valence-electron chi connectivity index (χ0n) is 20.4. The smallest absolute Gasteiger partial charge is 0.337 e. The van der Waals surface area contributed by atoms with E-state index in [0.717, 1.165) is 28.8 Å². The third-order valence-electron chi connectivity index (χ3n) is 6.39. The molecule has 36 heavy (non-hydrogen) atoms. The molecule has 0 spiro atoms. The number of esters is 2. The molecule has 0 aromatic heterocycles. The number of nitriles is 1. The van der Waals surface area contributed by atoms with Crippen LogP contribution in [0.1, 0.15) is 44.7 Å². The Bertz CT molecular complexity index is 1310. The molecule has 0 saturated carbocycles. The fraction of sp³-hybridized carbons (Fsp3) is 0.250. The third-order valence-corrected chi connectivity index (χ3v) is 6.39. The Morgan fingerprint density at radius 3 is 2.17 bits per heavy atom. The van der Waals surface area contributed by atoms with Crippen molar-refractivity contribution in [3.8, 4) is 6.07 Å². The maximum atomic E-state index is 11.9. The lowest BCUT2D eigenvalue weighted by Crippen LogP contribution is -2.38. The number of nitrogens with two attached hydrogens (primary N) is 1. The first-order chi connectivity index (χ1) is 17.4. The molecule has 2 aromatic carbocycles. The molecule has 2 aliphatic heterocycles. The number of allylic oxidation sites excluding steroid dienone is 1. The van der Waals surface area contributed by atoms with Gasteiger partial charge in [-0.3, -0.25) is 4.90 Å². The lowest BCUT2D eigenvalue weighted by Gasteiger charge is -2.38. The van der Waals surface area contributed by atoms with Crippen molar-refractivity contribution in [2.45, 2.75) is 12.8 Å². The fourth-order valence-corrected chi connectivity index (χ4v) is 4.51. The summed E-state index contributed by atoms with van der Waals surface area (Å²) in [5.41, 5.74) is 11.0. The molecule has 0 amide bonds. The summed E-state index contributed by atoms with van der Waals surface area (Å²) in [6, 6.07) is 16.3. The fourth-order valence-electron chi connectivity index (χ4n) is 4.51. The van der Waals surface area contributed by atoms with E-state index in [0.29, 0.717) is 35.5 Å². The van der Waals surface area contributed by atoms with Gasteiger partial charge in [0.1, 0.15) is 17.4 Å². The molecule has 0 bridgehead atoms. The van der Waals surface area contributed by atoms with Crippen molar-refractivity contribution in [3.63, 3.8) is 0 Å². The minimum Gasteiger partial charge on any atom is -0.465 e. The van der Waals surface area contributed by atoms with Crippen molar-refractivity contribution in [1.29, 1.82) is 5.26 Å². The first-order valence-electron chi connectivity index (χ1n) is 11.5. The largest absolute Gasteiger partial charge is 0.465 e. The standard InChI is InChI=1S/C28H27N3O5/c1-4-31-15-21(13-17-5-7-19(8-6-17)27(32)34-2)25-23(16-31)24(22(14-29)26(30)36-25)18-9-11-20(12-10-18)28(33)35-3/h5-13,24H,4,15-16,30H2,1-3H3/b21-13+. The highest BCUT2D eigenvalue weighted by molar-refractivity contribution is 5.90. The molecule has 8 nitrogen and oxygen atoms in total. The van der Waals surface area contributed by atoms with E-state index < -0.39 is 17.9 Å². The van der Waals surface area contributed by atoms with Crippen molar-refractivity contribution in [2.75, 3.05) is 33.9 Å². The highest BCUT2D eigenvalue weighted by Crippen LogP contribution is 2.43. The number of ether oxygens (including phenoxy) is 3. The monoisotopic (exact) mass is 485 g/mol. The van der Waals surface area contributed by atoms with E-state index in [9.17, 15) is 14.9 Å². The summed E-state index contributed by atoms with van der Waals surface area (Å²) in [7, 11) is 2.68. The number of likely N-dealkylation sites (N-methyl/N-ethyl adjacent to an activating group) is 1. The molecule has 0 fully saturated rings. The van der Waals surface area contributed by atoms with Crippen LogP contribution >= 0.6 is 0 Å². The lowest BCUT2D eigenvalue weighted by atomic mass is 9.80. The second-order valence-electron chi connectivity index (χ2n) is 8.48. The van der Waals surface area contributed by atoms with Crippen LogP contribution in [0.3, 0.4) is 0 Å². The average molecular weight is 486 g/mol. The van der Waals surface area contributed by atoms with E-state index >= 15 is 0 Å². The zero-order chi connectivity index (χ0) is 25.8. The van der Waals surface area contributed by atoms with Gasteiger partial charge in [0.2, 0.25) is 5.88 Å². The Morgan fingerprint density at radius 2 is 1.64 bits per heavy atom. The Kier molecular flexibility index (Phi) is 7.23. The molecule has 8 heteroatoms. The summed E-state index contributed by atoms with van der Waals surface area (Å²) in [6.07, 6.45) is 2.00. The molecule has 1 atom stereocenters. The van der Waals surface area contributed by atoms with E-state index in [1.807, 2.05) is 30.3 Å². The van der Waals surface area contributed by atoms with Crippen LogP contribution in [0.25, 0.3) is 6.08 Å². The number of rotatable bonds is 5. The number of carbonyl (C=O) groups is 2. The molecular weight excluding hydrogens is 458 g/mol.